The summed E-state index contributed by atoms with van der Waals surface area (Å²) >= 11 is 0. The number of esters is 4. The van der Waals surface area contributed by atoms with Crippen molar-refractivity contribution >= 4 is 23.9 Å². The molecule has 12 nitrogen and oxygen atoms in total. The first-order valence-corrected chi connectivity index (χ1v) is 14.6. The van der Waals surface area contributed by atoms with Crippen molar-refractivity contribution in [3.05, 3.63) is 0 Å². The molecule has 0 unspecified atom stereocenters. The highest BCUT2D eigenvalue weighted by molar-refractivity contribution is 5.76. The zero-order valence-electron chi connectivity index (χ0n) is 28.4. The number of hydrogen-bond acceptors (Lipinski definition) is 12. The summed E-state index contributed by atoms with van der Waals surface area (Å²) in [5.74, 6) is -1.85. The minimum Gasteiger partial charge on any atom is -0.459 e. The fraction of sp³-hybridized carbons (Fsp3) is 0.867. The predicted molar refractivity (Wildman–Crippen MR) is 164 cm³/mol. The molecule has 0 aliphatic rings. The third-order valence-electron chi connectivity index (χ3n) is 4.45. The molecule has 0 aromatic rings. The second kappa shape index (κ2) is 19.1. The molecule has 0 atom stereocenters. The van der Waals surface area contributed by atoms with Crippen molar-refractivity contribution in [2.24, 2.45) is 11.5 Å². The van der Waals surface area contributed by atoms with Crippen LogP contribution in [0.1, 0.15) is 95.9 Å². The van der Waals surface area contributed by atoms with Crippen LogP contribution in [0.2, 0.25) is 0 Å². The van der Waals surface area contributed by atoms with Crippen LogP contribution in [0.5, 0.6) is 0 Å². The highest BCUT2D eigenvalue weighted by atomic mass is 16.6. The first-order valence-electron chi connectivity index (χ1n) is 14.6. The van der Waals surface area contributed by atoms with E-state index in [9.17, 15) is 19.2 Å². The van der Waals surface area contributed by atoms with Crippen molar-refractivity contribution < 1.29 is 38.1 Å². The van der Waals surface area contributed by atoms with Gasteiger partial charge in [-0.25, -0.2) is 0 Å². The highest BCUT2D eigenvalue weighted by Crippen LogP contribution is 2.12. The Kier molecular flexibility index (Phi) is 19.0. The predicted octanol–water partition coefficient (Wildman–Crippen LogP) is 2.64. The van der Waals surface area contributed by atoms with Crippen molar-refractivity contribution in [2.45, 2.75) is 118 Å². The molecule has 12 heteroatoms. The zero-order chi connectivity index (χ0) is 33.4. The summed E-state index contributed by atoms with van der Waals surface area (Å²) in [6, 6.07) is 0. The van der Waals surface area contributed by atoms with Crippen molar-refractivity contribution in [1.29, 1.82) is 0 Å². The lowest BCUT2D eigenvalue weighted by molar-refractivity contribution is -0.161. The molecule has 0 amide bonds. The smallest absolute Gasteiger partial charge is 0.320 e. The Labute approximate surface area is 254 Å². The molecule has 0 rings (SSSR count). The van der Waals surface area contributed by atoms with E-state index in [1.165, 1.54) is 0 Å². The minimum atomic E-state index is -0.660. The first kappa shape index (κ1) is 41.9. The Morgan fingerprint density at radius 3 is 0.810 bits per heavy atom. The molecule has 0 bridgehead atoms. The van der Waals surface area contributed by atoms with Gasteiger partial charge in [0.05, 0.1) is 26.2 Å². The van der Waals surface area contributed by atoms with Gasteiger partial charge in [0.25, 0.3) is 0 Å². The maximum atomic E-state index is 12.4. The molecule has 42 heavy (non-hydrogen) atoms. The molecule has 0 saturated carbocycles. The van der Waals surface area contributed by atoms with E-state index in [0.29, 0.717) is 19.5 Å². The Morgan fingerprint density at radius 1 is 0.452 bits per heavy atom. The Hall–Kier alpha value is -2.28. The maximum absolute atomic E-state index is 12.4. The molecule has 248 valence electrons. The lowest BCUT2D eigenvalue weighted by Crippen LogP contribution is -2.43. The molecule has 0 aliphatic carbocycles. The van der Waals surface area contributed by atoms with Crippen LogP contribution in [0.25, 0.3) is 0 Å². The van der Waals surface area contributed by atoms with E-state index < -0.39 is 46.3 Å². The van der Waals surface area contributed by atoms with Gasteiger partial charge in [-0.2, -0.15) is 0 Å². The standard InChI is InChI=1S/C27H50N2O8.C3H10N2/c1-24(2,3)34-20(30)16-28(17-21(31)35-25(4,5)6)14-13-15-29(18-22(32)36-26(7,8)9)19-23(33)37-27(10,11)12;4-2-1-3-5/h13-19H2,1-12H3;1-5H2. The molecular formula is C30H60N4O8. The van der Waals surface area contributed by atoms with Crippen molar-refractivity contribution in [3.8, 4) is 0 Å². The fourth-order valence-corrected chi connectivity index (χ4v) is 3.29. The summed E-state index contributed by atoms with van der Waals surface area (Å²) in [6.07, 6.45) is 1.40. The van der Waals surface area contributed by atoms with Crippen molar-refractivity contribution in [1.82, 2.24) is 9.80 Å². The maximum Gasteiger partial charge on any atom is 0.320 e. The van der Waals surface area contributed by atoms with Crippen LogP contribution in [0.15, 0.2) is 0 Å². The number of hydrogen-bond donors (Lipinski definition) is 2. The number of ether oxygens (including phenoxy) is 4. The van der Waals surface area contributed by atoms with Gasteiger partial charge in [-0.1, -0.05) is 0 Å². The second-order valence-corrected chi connectivity index (χ2v) is 14.1. The van der Waals surface area contributed by atoms with Gasteiger partial charge in [-0.3, -0.25) is 29.0 Å². The van der Waals surface area contributed by atoms with Crippen LogP contribution >= 0.6 is 0 Å². The summed E-state index contributed by atoms with van der Waals surface area (Å²) in [4.78, 5) is 53.0. The van der Waals surface area contributed by atoms with Gasteiger partial charge in [0.15, 0.2) is 0 Å². The topological polar surface area (TPSA) is 164 Å². The lowest BCUT2D eigenvalue weighted by atomic mass is 10.2. The monoisotopic (exact) mass is 604 g/mol. The van der Waals surface area contributed by atoms with Gasteiger partial charge in [-0.15, -0.1) is 0 Å². The minimum absolute atomic E-state index is 0.103. The largest absolute Gasteiger partial charge is 0.459 e. The van der Waals surface area contributed by atoms with E-state index in [0.717, 1.165) is 19.5 Å². The van der Waals surface area contributed by atoms with Crippen molar-refractivity contribution in [3.63, 3.8) is 0 Å². The second-order valence-electron chi connectivity index (χ2n) is 14.1. The number of nitrogens with two attached hydrogens (primary N) is 2. The van der Waals surface area contributed by atoms with Gasteiger partial charge in [0, 0.05) is 13.1 Å². The molecule has 0 saturated heterocycles. The van der Waals surface area contributed by atoms with E-state index in [4.69, 9.17) is 30.4 Å². The number of nitrogens with zero attached hydrogens (tertiary/aromatic N) is 2. The first-order chi connectivity index (χ1) is 18.9. The van der Waals surface area contributed by atoms with Crippen LogP contribution < -0.4 is 11.5 Å². The Bertz CT molecular complexity index is 695. The normalized spacial score (nSPS) is 12.4. The Balaban J connectivity index is 0. The van der Waals surface area contributed by atoms with Gasteiger partial charge in [0.1, 0.15) is 22.4 Å². The quantitative estimate of drug-likeness (QED) is 0.220. The number of carbonyl (C=O) groups excluding carboxylic acids is 4. The highest BCUT2D eigenvalue weighted by Gasteiger charge is 2.26. The fourth-order valence-electron chi connectivity index (χ4n) is 3.29. The number of carbonyl (C=O) groups is 4. The van der Waals surface area contributed by atoms with Gasteiger partial charge < -0.3 is 30.4 Å². The average molecular weight is 605 g/mol. The van der Waals surface area contributed by atoms with Gasteiger partial charge in [-0.05, 0) is 109 Å². The molecular weight excluding hydrogens is 544 g/mol. The zero-order valence-corrected chi connectivity index (χ0v) is 28.4. The van der Waals surface area contributed by atoms with Crippen LogP contribution in [0.3, 0.4) is 0 Å². The summed E-state index contributed by atoms with van der Waals surface area (Å²) in [5, 5.41) is 0. The molecule has 0 aromatic heterocycles. The summed E-state index contributed by atoms with van der Waals surface area (Å²) in [7, 11) is 0. The van der Waals surface area contributed by atoms with E-state index in [2.05, 4.69) is 0 Å². The molecule has 0 aromatic carbocycles. The van der Waals surface area contributed by atoms with Gasteiger partial charge >= 0.3 is 23.9 Å². The van der Waals surface area contributed by atoms with E-state index in [-0.39, 0.29) is 26.2 Å². The molecule has 0 fully saturated rings. The summed E-state index contributed by atoms with van der Waals surface area (Å²) < 4.78 is 21.6. The Morgan fingerprint density at radius 2 is 0.667 bits per heavy atom. The molecule has 0 aliphatic heterocycles. The van der Waals surface area contributed by atoms with E-state index >= 15 is 0 Å². The molecule has 4 N–H and O–H groups in total. The molecule has 0 spiro atoms. The van der Waals surface area contributed by atoms with Crippen molar-refractivity contribution in [2.75, 3.05) is 52.4 Å². The number of rotatable bonds is 14. The summed E-state index contributed by atoms with van der Waals surface area (Å²) in [6.45, 7) is 23.0. The van der Waals surface area contributed by atoms with E-state index in [1.54, 1.807) is 92.9 Å². The SMILES string of the molecule is CC(C)(C)OC(=O)CN(CCCN(CC(=O)OC(C)(C)C)CC(=O)OC(C)(C)C)CC(=O)OC(C)(C)C.NCCCN. The van der Waals surface area contributed by atoms with Crippen LogP contribution in [0, 0.1) is 0 Å². The van der Waals surface area contributed by atoms with Crippen LogP contribution in [0.4, 0.5) is 0 Å². The average Bonchev–Trinajstić information content (AvgIpc) is 2.68. The third kappa shape index (κ3) is 29.2. The van der Waals surface area contributed by atoms with E-state index in [1.807, 2.05) is 0 Å². The van der Waals surface area contributed by atoms with Crippen LogP contribution in [-0.2, 0) is 38.1 Å². The third-order valence-corrected chi connectivity index (χ3v) is 4.45. The summed E-state index contributed by atoms with van der Waals surface area (Å²) in [5.41, 5.74) is 7.48. The molecule has 0 radical (unpaired) electrons. The lowest BCUT2D eigenvalue weighted by Gasteiger charge is -2.28. The molecule has 0 heterocycles. The van der Waals surface area contributed by atoms with Gasteiger partial charge in [0.2, 0.25) is 0 Å². The van der Waals surface area contributed by atoms with Crippen LogP contribution in [-0.4, -0.2) is 108 Å².